The minimum Gasteiger partial charge on any atom is -0.387 e. The highest BCUT2D eigenvalue weighted by molar-refractivity contribution is 5.86. The standard InChI is InChI=1S/C22H36O3/c1-3-22-12-10-17-16-9-11-21(24,14-25-2)13-15(16)7-8-18(17)19(22)5-4-6-20(22)23/h15-19,24H,3-14H2,1-2H3/t15-,16+,17-,18-,19+,21-,22+/m1/s1. The Kier molecular flexibility index (Phi) is 4.77. The molecule has 0 radical (unpaired) electrons. The smallest absolute Gasteiger partial charge is 0.139 e. The fourth-order valence-electron chi connectivity index (χ4n) is 7.78. The summed E-state index contributed by atoms with van der Waals surface area (Å²) < 4.78 is 5.29. The number of rotatable bonds is 3. The molecule has 142 valence electrons. The van der Waals surface area contributed by atoms with Gasteiger partial charge in [0, 0.05) is 18.9 Å². The number of hydrogen-bond donors (Lipinski definition) is 1. The van der Waals surface area contributed by atoms with Gasteiger partial charge in [-0.15, -0.1) is 0 Å². The second-order valence-electron chi connectivity index (χ2n) is 9.70. The van der Waals surface area contributed by atoms with E-state index in [4.69, 9.17) is 4.74 Å². The maximum atomic E-state index is 12.8. The molecule has 0 aliphatic heterocycles. The van der Waals surface area contributed by atoms with Crippen LogP contribution in [0.3, 0.4) is 0 Å². The third kappa shape index (κ3) is 2.81. The minimum absolute atomic E-state index is 0.0255. The van der Waals surface area contributed by atoms with Crippen molar-refractivity contribution in [1.82, 2.24) is 0 Å². The molecule has 4 saturated carbocycles. The number of carbonyl (C=O) groups is 1. The summed E-state index contributed by atoms with van der Waals surface area (Å²) in [5.74, 6) is 4.27. The second-order valence-corrected chi connectivity index (χ2v) is 9.70. The lowest BCUT2D eigenvalue weighted by Crippen LogP contribution is -2.55. The fourth-order valence-corrected chi connectivity index (χ4v) is 7.78. The molecule has 0 aromatic heterocycles. The number of hydrogen-bond acceptors (Lipinski definition) is 3. The highest BCUT2D eigenvalue weighted by Gasteiger charge is 2.57. The molecule has 0 aromatic carbocycles. The number of methoxy groups -OCH3 is 1. The summed E-state index contributed by atoms with van der Waals surface area (Å²) in [6.45, 7) is 2.74. The normalized spacial score (nSPS) is 49.9. The molecular formula is C22H36O3. The molecule has 1 N–H and O–H groups in total. The molecule has 3 nitrogen and oxygen atoms in total. The Hall–Kier alpha value is -0.410. The predicted molar refractivity (Wildman–Crippen MR) is 98.2 cm³/mol. The molecular weight excluding hydrogens is 312 g/mol. The average molecular weight is 349 g/mol. The van der Waals surface area contributed by atoms with Crippen LogP contribution in [0.4, 0.5) is 0 Å². The first-order valence-electron chi connectivity index (χ1n) is 10.8. The van der Waals surface area contributed by atoms with Gasteiger partial charge in [-0.2, -0.15) is 0 Å². The first kappa shape index (κ1) is 18.0. The Balaban J connectivity index is 1.53. The molecule has 0 heterocycles. The molecule has 3 heteroatoms. The molecule has 0 spiro atoms. The van der Waals surface area contributed by atoms with Gasteiger partial charge >= 0.3 is 0 Å². The summed E-state index contributed by atoms with van der Waals surface area (Å²) in [6, 6.07) is 0. The molecule has 0 bridgehead atoms. The molecule has 4 aliphatic rings. The first-order valence-corrected chi connectivity index (χ1v) is 10.8. The van der Waals surface area contributed by atoms with E-state index in [-0.39, 0.29) is 5.41 Å². The zero-order valence-electron chi connectivity index (χ0n) is 16.1. The van der Waals surface area contributed by atoms with E-state index in [0.717, 1.165) is 62.7 Å². The highest BCUT2D eigenvalue weighted by Crippen LogP contribution is 2.62. The van der Waals surface area contributed by atoms with E-state index in [1.165, 1.54) is 25.7 Å². The van der Waals surface area contributed by atoms with Crippen LogP contribution in [0.5, 0.6) is 0 Å². The van der Waals surface area contributed by atoms with Crippen LogP contribution >= 0.6 is 0 Å². The van der Waals surface area contributed by atoms with Crippen molar-refractivity contribution in [2.75, 3.05) is 13.7 Å². The quantitative estimate of drug-likeness (QED) is 0.824. The van der Waals surface area contributed by atoms with Crippen LogP contribution in [0.15, 0.2) is 0 Å². The molecule has 4 aliphatic carbocycles. The first-order chi connectivity index (χ1) is 12.0. The van der Waals surface area contributed by atoms with Crippen molar-refractivity contribution >= 4 is 5.78 Å². The van der Waals surface area contributed by atoms with Crippen molar-refractivity contribution < 1.29 is 14.6 Å². The van der Waals surface area contributed by atoms with Gasteiger partial charge in [-0.25, -0.2) is 0 Å². The average Bonchev–Trinajstić information content (AvgIpc) is 2.61. The Morgan fingerprint density at radius 3 is 2.64 bits per heavy atom. The summed E-state index contributed by atoms with van der Waals surface area (Å²) >= 11 is 0. The molecule has 0 amide bonds. The van der Waals surface area contributed by atoms with Crippen LogP contribution in [0.25, 0.3) is 0 Å². The van der Waals surface area contributed by atoms with Gasteiger partial charge in [-0.05, 0) is 93.8 Å². The van der Waals surface area contributed by atoms with Crippen LogP contribution in [-0.4, -0.2) is 30.2 Å². The van der Waals surface area contributed by atoms with Gasteiger partial charge in [0.05, 0.1) is 12.2 Å². The topological polar surface area (TPSA) is 46.5 Å². The van der Waals surface area contributed by atoms with E-state index < -0.39 is 5.60 Å². The summed E-state index contributed by atoms with van der Waals surface area (Å²) in [5, 5.41) is 10.8. The third-order valence-electron chi connectivity index (χ3n) is 8.83. The van der Waals surface area contributed by atoms with E-state index in [2.05, 4.69) is 6.92 Å². The van der Waals surface area contributed by atoms with Crippen molar-refractivity contribution in [1.29, 1.82) is 0 Å². The largest absolute Gasteiger partial charge is 0.387 e. The second kappa shape index (κ2) is 6.64. The molecule has 4 rings (SSSR count). The summed E-state index contributed by atoms with van der Waals surface area (Å²) in [7, 11) is 1.70. The van der Waals surface area contributed by atoms with Gasteiger partial charge in [0.2, 0.25) is 0 Å². The van der Waals surface area contributed by atoms with E-state index in [1.807, 2.05) is 0 Å². The maximum Gasteiger partial charge on any atom is 0.139 e. The van der Waals surface area contributed by atoms with Crippen LogP contribution in [0.1, 0.15) is 77.6 Å². The van der Waals surface area contributed by atoms with Crippen LogP contribution in [-0.2, 0) is 9.53 Å². The van der Waals surface area contributed by atoms with Gasteiger partial charge in [0.25, 0.3) is 0 Å². The minimum atomic E-state index is -0.592. The van der Waals surface area contributed by atoms with Crippen molar-refractivity contribution in [2.45, 2.75) is 83.2 Å². The maximum absolute atomic E-state index is 12.8. The highest BCUT2D eigenvalue weighted by atomic mass is 16.5. The molecule has 0 saturated heterocycles. The lowest BCUT2D eigenvalue weighted by atomic mass is 9.45. The van der Waals surface area contributed by atoms with Crippen LogP contribution in [0.2, 0.25) is 0 Å². The fraction of sp³-hybridized carbons (Fsp3) is 0.955. The van der Waals surface area contributed by atoms with Gasteiger partial charge in [-0.1, -0.05) is 6.92 Å². The molecule has 4 fully saturated rings. The molecule has 7 atom stereocenters. The SMILES string of the molecule is CC[C@]12CC[C@H]3[C@@H](CC[C@@H]4C[C@@](O)(COC)CC[C@@H]43)[C@@H]1CCCC2=O. The molecule has 0 aromatic rings. The number of fused-ring (bicyclic) bond motifs is 5. The molecule has 0 unspecified atom stereocenters. The Morgan fingerprint density at radius 2 is 1.88 bits per heavy atom. The zero-order valence-corrected chi connectivity index (χ0v) is 16.1. The van der Waals surface area contributed by atoms with Gasteiger partial charge in [0.15, 0.2) is 0 Å². The van der Waals surface area contributed by atoms with E-state index in [0.29, 0.717) is 24.2 Å². The van der Waals surface area contributed by atoms with Crippen molar-refractivity contribution in [2.24, 2.45) is 35.0 Å². The lowest BCUT2D eigenvalue weighted by Gasteiger charge is -2.59. The monoisotopic (exact) mass is 348 g/mol. The number of aliphatic hydroxyl groups is 1. The summed E-state index contributed by atoms with van der Waals surface area (Å²) in [5.41, 5.74) is -0.566. The van der Waals surface area contributed by atoms with Gasteiger partial charge in [-0.3, -0.25) is 4.79 Å². The summed E-state index contributed by atoms with van der Waals surface area (Å²) in [4.78, 5) is 12.8. The van der Waals surface area contributed by atoms with Crippen molar-refractivity contribution in [3.8, 4) is 0 Å². The number of Topliss-reactive ketones (excluding diaryl/α,β-unsaturated/α-hetero) is 1. The number of ketones is 1. The molecule has 25 heavy (non-hydrogen) atoms. The Morgan fingerprint density at radius 1 is 1.08 bits per heavy atom. The predicted octanol–water partition coefficient (Wildman–Crippen LogP) is 4.37. The van der Waals surface area contributed by atoms with Gasteiger partial charge < -0.3 is 9.84 Å². The Labute approximate surface area is 152 Å². The summed E-state index contributed by atoms with van der Waals surface area (Å²) in [6.07, 6.45) is 12.2. The van der Waals surface area contributed by atoms with E-state index in [1.54, 1.807) is 7.11 Å². The van der Waals surface area contributed by atoms with E-state index >= 15 is 0 Å². The number of ether oxygens (including phenoxy) is 1. The lowest BCUT2D eigenvalue weighted by molar-refractivity contribution is -0.155. The van der Waals surface area contributed by atoms with Crippen molar-refractivity contribution in [3.63, 3.8) is 0 Å². The van der Waals surface area contributed by atoms with Crippen LogP contribution < -0.4 is 0 Å². The zero-order chi connectivity index (χ0) is 17.7. The number of carbonyl (C=O) groups excluding carboxylic acids is 1. The third-order valence-corrected chi connectivity index (χ3v) is 8.83. The van der Waals surface area contributed by atoms with Gasteiger partial charge in [0.1, 0.15) is 5.78 Å². The Bertz CT molecular complexity index is 517. The van der Waals surface area contributed by atoms with Crippen molar-refractivity contribution in [3.05, 3.63) is 0 Å². The van der Waals surface area contributed by atoms with Crippen LogP contribution in [0, 0.1) is 35.0 Å². The van der Waals surface area contributed by atoms with E-state index in [9.17, 15) is 9.90 Å².